The van der Waals surface area contributed by atoms with E-state index in [1.807, 2.05) is 42.5 Å². The molecule has 3 heterocycles. The van der Waals surface area contributed by atoms with E-state index in [9.17, 15) is 14.7 Å². The van der Waals surface area contributed by atoms with E-state index in [1.54, 1.807) is 36.4 Å². The van der Waals surface area contributed by atoms with Crippen molar-refractivity contribution >= 4 is 78.4 Å². The summed E-state index contributed by atoms with van der Waals surface area (Å²) in [6.07, 6.45) is 0. The monoisotopic (exact) mass is 637 g/mol. The second kappa shape index (κ2) is 10.6. The molecule has 1 atom stereocenters. The smallest absolute Gasteiger partial charge is 0.296 e. The number of benzene rings is 3. The number of ketones is 1. The highest BCUT2D eigenvalue weighted by atomic mass is 79.9. The molecule has 1 N–H and O–H groups in total. The van der Waals surface area contributed by atoms with E-state index in [4.69, 9.17) is 16.0 Å². The summed E-state index contributed by atoms with van der Waals surface area (Å²) in [6.45, 7) is 0. The second-order valence-electron chi connectivity index (χ2n) is 8.64. The Balaban J connectivity index is 1.36. The molecule has 11 heteroatoms. The number of hydrogen-bond donors (Lipinski definition) is 1. The Bertz CT molecular complexity index is 1730. The number of aliphatic hydroxyl groups is 1. The second-order valence-corrected chi connectivity index (χ2v) is 12.2. The topological polar surface area (TPSA) is 96.5 Å². The average molecular weight is 639 g/mol. The zero-order chi connectivity index (χ0) is 27.1. The molecule has 0 aliphatic carbocycles. The van der Waals surface area contributed by atoms with Crippen LogP contribution in [0.25, 0.3) is 11.0 Å². The number of nitrogens with zero attached hydrogens (tertiary/aromatic N) is 3. The molecule has 0 saturated carbocycles. The summed E-state index contributed by atoms with van der Waals surface area (Å²) < 4.78 is 7.18. The lowest BCUT2D eigenvalue weighted by molar-refractivity contribution is -0.117. The zero-order valence-electron chi connectivity index (χ0n) is 19.9. The first-order chi connectivity index (χ1) is 18.9. The van der Waals surface area contributed by atoms with E-state index in [0.717, 1.165) is 15.4 Å². The van der Waals surface area contributed by atoms with Gasteiger partial charge in [-0.3, -0.25) is 14.5 Å². The number of para-hydroxylation sites is 1. The van der Waals surface area contributed by atoms with Crippen LogP contribution in [0.1, 0.15) is 27.7 Å². The lowest BCUT2D eigenvalue weighted by atomic mass is 9.95. The van der Waals surface area contributed by atoms with Gasteiger partial charge < -0.3 is 9.52 Å². The number of carbonyl (C=O) groups is 2. The SMILES string of the molecule is O=C(C1=C(O)C(=O)N(c2nnc(SCc3ccc(Cl)cc3)s2)C1c1cccc(Br)c1)c1cc2ccccc2o1. The molecule has 2 aromatic heterocycles. The average Bonchev–Trinajstić information content (AvgIpc) is 3.64. The predicted octanol–water partition coefficient (Wildman–Crippen LogP) is 7.78. The van der Waals surface area contributed by atoms with Gasteiger partial charge >= 0.3 is 0 Å². The Morgan fingerprint density at radius 1 is 1.08 bits per heavy atom. The van der Waals surface area contributed by atoms with Crippen LogP contribution in [0, 0.1) is 0 Å². The normalized spacial score (nSPS) is 15.5. The molecule has 1 unspecified atom stereocenters. The van der Waals surface area contributed by atoms with Crippen molar-refractivity contribution in [1.29, 1.82) is 0 Å². The van der Waals surface area contributed by atoms with E-state index >= 15 is 0 Å². The van der Waals surface area contributed by atoms with Crippen LogP contribution in [0.5, 0.6) is 0 Å². The van der Waals surface area contributed by atoms with Crippen molar-refractivity contribution in [3.05, 3.63) is 117 Å². The molecule has 1 amide bonds. The fourth-order valence-corrected chi connectivity index (χ4v) is 6.70. The van der Waals surface area contributed by atoms with Gasteiger partial charge in [-0.1, -0.05) is 93.1 Å². The first-order valence-corrected chi connectivity index (χ1v) is 14.6. The molecule has 5 aromatic rings. The highest BCUT2D eigenvalue weighted by Gasteiger charge is 2.46. The molecule has 0 saturated heterocycles. The van der Waals surface area contributed by atoms with Crippen LogP contribution in [0.3, 0.4) is 0 Å². The van der Waals surface area contributed by atoms with Crippen molar-refractivity contribution in [1.82, 2.24) is 10.2 Å². The molecular formula is C28H17BrClN3O4S2. The molecule has 6 rings (SSSR count). The minimum absolute atomic E-state index is 0.0314. The highest BCUT2D eigenvalue weighted by Crippen LogP contribution is 2.44. The van der Waals surface area contributed by atoms with Gasteiger partial charge in [0, 0.05) is 20.6 Å². The minimum atomic E-state index is -0.933. The van der Waals surface area contributed by atoms with Gasteiger partial charge in [0.2, 0.25) is 10.9 Å². The van der Waals surface area contributed by atoms with E-state index in [0.29, 0.717) is 26.3 Å². The Morgan fingerprint density at radius 2 is 1.87 bits per heavy atom. The van der Waals surface area contributed by atoms with E-state index in [2.05, 4.69) is 26.1 Å². The maximum Gasteiger partial charge on any atom is 0.296 e. The Kier molecular flexibility index (Phi) is 7.03. The van der Waals surface area contributed by atoms with Crippen LogP contribution >= 0.6 is 50.6 Å². The summed E-state index contributed by atoms with van der Waals surface area (Å²) >= 11 is 12.1. The van der Waals surface area contributed by atoms with Crippen LogP contribution < -0.4 is 4.90 Å². The van der Waals surface area contributed by atoms with Gasteiger partial charge in [-0.2, -0.15) is 0 Å². The third-order valence-electron chi connectivity index (χ3n) is 6.14. The van der Waals surface area contributed by atoms with Crippen LogP contribution in [0.2, 0.25) is 5.02 Å². The molecule has 3 aromatic carbocycles. The molecule has 7 nitrogen and oxygen atoms in total. The summed E-state index contributed by atoms with van der Waals surface area (Å²) in [5, 5.41) is 21.2. The quantitative estimate of drug-likeness (QED) is 0.110. The van der Waals surface area contributed by atoms with Crippen molar-refractivity contribution in [2.24, 2.45) is 0 Å². The van der Waals surface area contributed by atoms with Crippen molar-refractivity contribution < 1.29 is 19.1 Å². The van der Waals surface area contributed by atoms with Gasteiger partial charge in [0.25, 0.3) is 5.91 Å². The van der Waals surface area contributed by atoms with Crippen LogP contribution in [0.15, 0.2) is 103 Å². The molecule has 0 radical (unpaired) electrons. The van der Waals surface area contributed by atoms with Gasteiger partial charge in [-0.25, -0.2) is 0 Å². The summed E-state index contributed by atoms with van der Waals surface area (Å²) in [7, 11) is 0. The van der Waals surface area contributed by atoms with Crippen LogP contribution in [-0.2, 0) is 10.5 Å². The summed E-state index contributed by atoms with van der Waals surface area (Å²) in [5.74, 6) is -1.29. The fraction of sp³-hybridized carbons (Fsp3) is 0.0714. The molecule has 194 valence electrons. The molecular weight excluding hydrogens is 622 g/mol. The van der Waals surface area contributed by atoms with Crippen molar-refractivity contribution in [2.45, 2.75) is 16.1 Å². The summed E-state index contributed by atoms with van der Waals surface area (Å²) in [5.41, 5.74) is 2.13. The Morgan fingerprint density at radius 3 is 2.64 bits per heavy atom. The third-order valence-corrected chi connectivity index (χ3v) is 9.02. The number of Topliss-reactive ketones (excluding diaryl/α,β-unsaturated/α-hetero) is 1. The minimum Gasteiger partial charge on any atom is -0.503 e. The number of rotatable bonds is 7. The molecule has 1 aliphatic rings. The Labute approximate surface area is 244 Å². The lowest BCUT2D eigenvalue weighted by Crippen LogP contribution is -2.31. The van der Waals surface area contributed by atoms with E-state index in [1.165, 1.54) is 28.0 Å². The van der Waals surface area contributed by atoms with Gasteiger partial charge in [0.05, 0.1) is 11.6 Å². The Hall–Kier alpha value is -3.44. The molecule has 39 heavy (non-hydrogen) atoms. The van der Waals surface area contributed by atoms with E-state index < -0.39 is 23.5 Å². The number of halogens is 2. The summed E-state index contributed by atoms with van der Waals surface area (Å²) in [6, 6.07) is 22.6. The molecule has 0 bridgehead atoms. The lowest BCUT2D eigenvalue weighted by Gasteiger charge is -2.24. The standard InChI is InChI=1S/C28H17BrClN3O4S2/c29-18-6-3-5-17(12-18)23-22(24(34)21-13-16-4-1-2-7-20(16)37-21)25(35)26(36)33(23)27-31-32-28(39-27)38-14-15-8-10-19(30)11-9-15/h1-13,23,35H,14H2. The number of fused-ring (bicyclic) bond motifs is 1. The van der Waals surface area contributed by atoms with Gasteiger partial charge in [-0.15, -0.1) is 10.2 Å². The zero-order valence-corrected chi connectivity index (χ0v) is 23.9. The van der Waals surface area contributed by atoms with Crippen molar-refractivity contribution in [3.8, 4) is 0 Å². The van der Waals surface area contributed by atoms with E-state index in [-0.39, 0.29) is 16.5 Å². The number of hydrogen-bond acceptors (Lipinski definition) is 8. The third kappa shape index (κ3) is 5.00. The van der Waals surface area contributed by atoms with Gasteiger partial charge in [0.1, 0.15) is 5.58 Å². The van der Waals surface area contributed by atoms with Crippen molar-refractivity contribution in [3.63, 3.8) is 0 Å². The number of furan rings is 1. The highest BCUT2D eigenvalue weighted by molar-refractivity contribution is 9.10. The molecule has 0 fully saturated rings. The summed E-state index contributed by atoms with van der Waals surface area (Å²) in [4.78, 5) is 28.5. The van der Waals surface area contributed by atoms with Crippen LogP contribution in [-0.4, -0.2) is 27.0 Å². The maximum atomic E-state index is 13.8. The molecule has 1 aliphatic heterocycles. The fourth-order valence-electron chi connectivity index (χ4n) is 4.34. The largest absolute Gasteiger partial charge is 0.503 e. The van der Waals surface area contributed by atoms with Gasteiger partial charge in [0.15, 0.2) is 15.9 Å². The number of thioether (sulfide) groups is 1. The first kappa shape index (κ1) is 25.8. The maximum absolute atomic E-state index is 13.8. The first-order valence-electron chi connectivity index (χ1n) is 11.7. The number of anilines is 1. The number of aliphatic hydroxyl groups excluding tert-OH is 1. The molecule has 0 spiro atoms. The number of aromatic nitrogens is 2. The van der Waals surface area contributed by atoms with Crippen LogP contribution in [0.4, 0.5) is 5.13 Å². The predicted molar refractivity (Wildman–Crippen MR) is 155 cm³/mol. The number of carbonyl (C=O) groups excluding carboxylic acids is 2. The van der Waals surface area contributed by atoms with Gasteiger partial charge in [-0.05, 0) is 47.5 Å². The van der Waals surface area contributed by atoms with Crippen molar-refractivity contribution in [2.75, 3.05) is 4.90 Å². The number of amides is 1.